The zero-order chi connectivity index (χ0) is 12.8. The highest BCUT2D eigenvalue weighted by atomic mass is 35.5. The van der Waals surface area contributed by atoms with E-state index in [0.29, 0.717) is 0 Å². The second-order valence-electron chi connectivity index (χ2n) is 3.50. The Bertz CT molecular complexity index is 475. The second kappa shape index (κ2) is 6.45. The van der Waals surface area contributed by atoms with Crippen LogP contribution in [0, 0.1) is 6.92 Å². The van der Waals surface area contributed by atoms with E-state index in [9.17, 15) is 0 Å². The fourth-order valence-electron chi connectivity index (χ4n) is 1.60. The molecule has 0 amide bonds. The highest BCUT2D eigenvalue weighted by Crippen LogP contribution is 2.28. The quantitative estimate of drug-likeness (QED) is 0.764. The van der Waals surface area contributed by atoms with E-state index in [0.717, 1.165) is 28.4 Å². The predicted molar refractivity (Wildman–Crippen MR) is 74.4 cm³/mol. The maximum Gasteiger partial charge on any atom is 0.0967 e. The molecule has 0 atom stereocenters. The van der Waals surface area contributed by atoms with Crippen LogP contribution in [0.4, 0.5) is 0 Å². The molecule has 0 spiro atoms. The summed E-state index contributed by atoms with van der Waals surface area (Å²) in [5.74, 6) is 0. The van der Waals surface area contributed by atoms with Gasteiger partial charge in [-0.3, -0.25) is 4.68 Å². The average molecular weight is 251 g/mol. The summed E-state index contributed by atoms with van der Waals surface area (Å²) in [6.07, 6.45) is 2.04. The molecule has 0 aliphatic rings. The smallest absolute Gasteiger partial charge is 0.0967 e. The minimum Gasteiger partial charge on any atom is -0.272 e. The van der Waals surface area contributed by atoms with E-state index in [4.69, 9.17) is 11.6 Å². The Labute approximate surface area is 108 Å². The predicted octanol–water partition coefficient (Wildman–Crippen LogP) is 4.56. The molecule has 2 nitrogen and oxygen atoms in total. The van der Waals surface area contributed by atoms with Crippen LogP contribution in [-0.2, 0) is 6.54 Å². The van der Waals surface area contributed by atoms with Gasteiger partial charge in [-0.15, -0.1) is 0 Å². The van der Waals surface area contributed by atoms with Gasteiger partial charge in [0.15, 0.2) is 0 Å². The first-order chi connectivity index (χ1) is 8.22. The van der Waals surface area contributed by atoms with Crippen LogP contribution >= 0.6 is 11.6 Å². The van der Waals surface area contributed by atoms with E-state index >= 15 is 0 Å². The lowest BCUT2D eigenvalue weighted by Gasteiger charge is -2.00. The zero-order valence-electron chi connectivity index (χ0n) is 10.9. The van der Waals surface area contributed by atoms with Crippen molar-refractivity contribution in [3.63, 3.8) is 0 Å². The Morgan fingerprint density at radius 3 is 2.41 bits per heavy atom. The molecule has 0 fully saturated rings. The number of benzene rings is 1. The SMILES string of the molecule is CC.CCn1cc(C)c(-c2ccccc2Cl)n1. The first-order valence-corrected chi connectivity index (χ1v) is 6.39. The van der Waals surface area contributed by atoms with Gasteiger partial charge < -0.3 is 0 Å². The van der Waals surface area contributed by atoms with E-state index in [-0.39, 0.29) is 0 Å². The number of hydrogen-bond donors (Lipinski definition) is 0. The molecule has 0 radical (unpaired) electrons. The molecule has 17 heavy (non-hydrogen) atoms. The van der Waals surface area contributed by atoms with Crippen molar-refractivity contribution in [1.29, 1.82) is 0 Å². The van der Waals surface area contributed by atoms with Gasteiger partial charge in [-0.1, -0.05) is 43.6 Å². The summed E-state index contributed by atoms with van der Waals surface area (Å²) in [6, 6.07) is 7.79. The molecule has 1 heterocycles. The van der Waals surface area contributed by atoms with E-state index < -0.39 is 0 Å². The fraction of sp³-hybridized carbons (Fsp3) is 0.357. The Morgan fingerprint density at radius 1 is 1.24 bits per heavy atom. The number of hydrogen-bond acceptors (Lipinski definition) is 1. The number of aryl methyl sites for hydroxylation is 2. The van der Waals surface area contributed by atoms with Crippen molar-refractivity contribution in [1.82, 2.24) is 9.78 Å². The molecule has 3 heteroatoms. The molecule has 92 valence electrons. The van der Waals surface area contributed by atoms with Gasteiger partial charge in [0.25, 0.3) is 0 Å². The van der Waals surface area contributed by atoms with Gasteiger partial charge >= 0.3 is 0 Å². The lowest BCUT2D eigenvalue weighted by molar-refractivity contribution is 0.661. The summed E-state index contributed by atoms with van der Waals surface area (Å²) >= 11 is 6.13. The van der Waals surface area contributed by atoms with E-state index in [2.05, 4.69) is 18.9 Å². The largest absolute Gasteiger partial charge is 0.272 e. The number of aromatic nitrogens is 2. The lowest BCUT2D eigenvalue weighted by Crippen LogP contribution is -1.93. The van der Waals surface area contributed by atoms with Crippen LogP contribution in [0.15, 0.2) is 30.5 Å². The fourth-order valence-corrected chi connectivity index (χ4v) is 1.83. The molecule has 1 aromatic carbocycles. The molecule has 0 saturated heterocycles. The molecule has 0 unspecified atom stereocenters. The Hall–Kier alpha value is -1.28. The van der Waals surface area contributed by atoms with Gasteiger partial charge in [-0.2, -0.15) is 5.10 Å². The van der Waals surface area contributed by atoms with Crippen molar-refractivity contribution in [3.8, 4) is 11.3 Å². The van der Waals surface area contributed by atoms with E-state index in [1.807, 2.05) is 49.0 Å². The summed E-state index contributed by atoms with van der Waals surface area (Å²) in [5.41, 5.74) is 3.14. The Balaban J connectivity index is 0.000000686. The first-order valence-electron chi connectivity index (χ1n) is 6.01. The summed E-state index contributed by atoms with van der Waals surface area (Å²) in [7, 11) is 0. The van der Waals surface area contributed by atoms with Gasteiger partial charge in [-0.05, 0) is 25.5 Å². The molecule has 1 aromatic heterocycles. The Kier molecular flexibility index (Phi) is 5.23. The van der Waals surface area contributed by atoms with Gasteiger partial charge in [0.1, 0.15) is 0 Å². The van der Waals surface area contributed by atoms with Crippen molar-refractivity contribution < 1.29 is 0 Å². The Morgan fingerprint density at radius 2 is 1.88 bits per heavy atom. The first kappa shape index (κ1) is 13.8. The van der Waals surface area contributed by atoms with Crippen molar-refractivity contribution in [2.45, 2.75) is 34.2 Å². The molecule has 2 rings (SSSR count). The molecule has 0 bridgehead atoms. The number of rotatable bonds is 2. The third-order valence-electron chi connectivity index (χ3n) is 2.40. The maximum absolute atomic E-state index is 6.13. The number of halogens is 1. The highest BCUT2D eigenvalue weighted by Gasteiger charge is 2.09. The summed E-state index contributed by atoms with van der Waals surface area (Å²) in [6.45, 7) is 9.01. The van der Waals surface area contributed by atoms with Crippen LogP contribution in [0.1, 0.15) is 26.3 Å². The average Bonchev–Trinajstić information content (AvgIpc) is 2.74. The number of nitrogens with zero attached hydrogens (tertiary/aromatic N) is 2. The van der Waals surface area contributed by atoms with Crippen LogP contribution in [0.25, 0.3) is 11.3 Å². The van der Waals surface area contributed by atoms with Crippen LogP contribution in [0.5, 0.6) is 0 Å². The van der Waals surface area contributed by atoms with Crippen molar-refractivity contribution in [3.05, 3.63) is 41.0 Å². The summed E-state index contributed by atoms with van der Waals surface area (Å²) in [4.78, 5) is 0. The molecular weight excluding hydrogens is 232 g/mol. The van der Waals surface area contributed by atoms with Gasteiger partial charge in [-0.25, -0.2) is 0 Å². The van der Waals surface area contributed by atoms with Gasteiger partial charge in [0, 0.05) is 18.3 Å². The van der Waals surface area contributed by atoms with Crippen molar-refractivity contribution in [2.24, 2.45) is 0 Å². The summed E-state index contributed by atoms with van der Waals surface area (Å²) in [5, 5.41) is 5.24. The maximum atomic E-state index is 6.13. The third kappa shape index (κ3) is 3.10. The normalized spacial score (nSPS) is 9.71. The van der Waals surface area contributed by atoms with Gasteiger partial charge in [0.05, 0.1) is 10.7 Å². The minimum absolute atomic E-state index is 0.752. The molecule has 0 N–H and O–H groups in total. The van der Waals surface area contributed by atoms with E-state index in [1.54, 1.807) is 0 Å². The van der Waals surface area contributed by atoms with Crippen LogP contribution in [-0.4, -0.2) is 9.78 Å². The van der Waals surface area contributed by atoms with Crippen LogP contribution in [0.2, 0.25) is 5.02 Å². The van der Waals surface area contributed by atoms with Crippen molar-refractivity contribution in [2.75, 3.05) is 0 Å². The lowest BCUT2D eigenvalue weighted by atomic mass is 10.1. The van der Waals surface area contributed by atoms with Crippen molar-refractivity contribution >= 4 is 11.6 Å². The second-order valence-corrected chi connectivity index (χ2v) is 3.90. The molecule has 0 saturated carbocycles. The highest BCUT2D eigenvalue weighted by molar-refractivity contribution is 6.33. The summed E-state index contributed by atoms with van der Waals surface area (Å²) < 4.78 is 1.92. The van der Waals surface area contributed by atoms with Gasteiger partial charge in [0.2, 0.25) is 0 Å². The molecular formula is C14H19ClN2. The zero-order valence-corrected chi connectivity index (χ0v) is 11.6. The molecule has 0 aliphatic carbocycles. The van der Waals surface area contributed by atoms with E-state index in [1.165, 1.54) is 0 Å². The monoisotopic (exact) mass is 250 g/mol. The topological polar surface area (TPSA) is 17.8 Å². The minimum atomic E-state index is 0.752. The molecule has 2 aromatic rings. The van der Waals surface area contributed by atoms with Crippen LogP contribution in [0.3, 0.4) is 0 Å². The van der Waals surface area contributed by atoms with Crippen LogP contribution < -0.4 is 0 Å². The molecule has 0 aliphatic heterocycles. The standard InChI is InChI=1S/C12H13ClN2.C2H6/c1-3-15-8-9(2)12(14-15)10-6-4-5-7-11(10)13;1-2/h4-8H,3H2,1-2H3;1-2H3. The third-order valence-corrected chi connectivity index (χ3v) is 2.73.